The summed E-state index contributed by atoms with van der Waals surface area (Å²) in [5.41, 5.74) is 0.153. The maximum Gasteiger partial charge on any atom is 0.265 e. The lowest BCUT2D eigenvalue weighted by Crippen LogP contribution is -2.13. The first kappa shape index (κ1) is 12.4. The average molecular weight is 281 g/mol. The van der Waals surface area contributed by atoms with Crippen LogP contribution in [-0.4, -0.2) is 23.6 Å². The van der Waals surface area contributed by atoms with E-state index in [0.717, 1.165) is 17.5 Å². The van der Waals surface area contributed by atoms with Crippen molar-refractivity contribution in [2.24, 2.45) is 0 Å². The highest BCUT2D eigenvalue weighted by Crippen LogP contribution is 2.18. The van der Waals surface area contributed by atoms with E-state index < -0.39 is 10.0 Å². The van der Waals surface area contributed by atoms with Gasteiger partial charge < -0.3 is 0 Å². The zero-order valence-electron chi connectivity index (χ0n) is 9.15. The molecule has 0 aliphatic rings. The second kappa shape index (κ2) is 4.67. The van der Waals surface area contributed by atoms with E-state index in [1.165, 1.54) is 12.1 Å². The second-order valence-corrected chi connectivity index (χ2v) is 6.09. The fourth-order valence-corrected chi connectivity index (χ4v) is 2.88. The number of nitriles is 1. The first-order valence-electron chi connectivity index (χ1n) is 4.70. The summed E-state index contributed by atoms with van der Waals surface area (Å²) in [7, 11) is -3.74. The van der Waals surface area contributed by atoms with E-state index in [-0.39, 0.29) is 15.7 Å². The van der Waals surface area contributed by atoms with Crippen molar-refractivity contribution < 1.29 is 8.42 Å². The largest absolute Gasteiger partial charge is 0.265 e. The molecular weight excluding hydrogens is 274 g/mol. The Labute approximate surface area is 107 Å². The third kappa shape index (κ3) is 2.61. The van der Waals surface area contributed by atoms with Gasteiger partial charge in [0.05, 0.1) is 0 Å². The number of anilines is 1. The molecule has 2 heterocycles. The van der Waals surface area contributed by atoms with Gasteiger partial charge in [0.1, 0.15) is 21.7 Å². The number of aryl methyl sites for hydroxylation is 1. The van der Waals surface area contributed by atoms with Crippen molar-refractivity contribution in [1.29, 1.82) is 5.26 Å². The van der Waals surface area contributed by atoms with E-state index in [1.807, 2.05) is 6.07 Å². The van der Waals surface area contributed by atoms with E-state index in [1.54, 1.807) is 6.92 Å². The molecule has 0 amide bonds. The molecule has 92 valence electrons. The van der Waals surface area contributed by atoms with Crippen LogP contribution in [0.15, 0.2) is 23.2 Å². The van der Waals surface area contributed by atoms with Crippen LogP contribution in [0.25, 0.3) is 0 Å². The third-order valence-electron chi connectivity index (χ3n) is 1.91. The minimum Gasteiger partial charge on any atom is -0.253 e. The molecule has 2 aromatic heterocycles. The second-order valence-electron chi connectivity index (χ2n) is 3.22. The van der Waals surface area contributed by atoms with Gasteiger partial charge in [0.2, 0.25) is 5.13 Å². The quantitative estimate of drug-likeness (QED) is 0.895. The van der Waals surface area contributed by atoms with Crippen molar-refractivity contribution in [3.8, 4) is 6.07 Å². The zero-order valence-corrected chi connectivity index (χ0v) is 10.8. The van der Waals surface area contributed by atoms with Crippen molar-refractivity contribution in [2.45, 2.75) is 11.8 Å². The number of sulfonamides is 1. The number of nitrogens with zero attached hydrogens (tertiary/aromatic N) is 4. The van der Waals surface area contributed by atoms with Gasteiger partial charge >= 0.3 is 0 Å². The molecule has 18 heavy (non-hydrogen) atoms. The van der Waals surface area contributed by atoms with Crippen LogP contribution in [0.1, 0.15) is 10.7 Å². The van der Waals surface area contributed by atoms with Gasteiger partial charge in [-0.1, -0.05) is 11.3 Å². The van der Waals surface area contributed by atoms with E-state index in [0.29, 0.717) is 5.01 Å². The van der Waals surface area contributed by atoms with Crippen LogP contribution in [0.3, 0.4) is 0 Å². The van der Waals surface area contributed by atoms with Crippen LogP contribution in [0.2, 0.25) is 0 Å². The van der Waals surface area contributed by atoms with Gasteiger partial charge in [0.25, 0.3) is 10.0 Å². The van der Waals surface area contributed by atoms with Gasteiger partial charge in [0.15, 0.2) is 0 Å². The summed E-state index contributed by atoms with van der Waals surface area (Å²) in [6.45, 7) is 1.72. The van der Waals surface area contributed by atoms with Crippen LogP contribution in [0, 0.1) is 18.3 Å². The molecule has 1 N–H and O–H groups in total. The number of aromatic nitrogens is 3. The first-order chi connectivity index (χ1) is 8.51. The molecule has 0 unspecified atom stereocenters. The fraction of sp³-hybridized carbons (Fsp3) is 0.111. The predicted molar refractivity (Wildman–Crippen MR) is 64.4 cm³/mol. The lowest BCUT2D eigenvalue weighted by Gasteiger charge is -2.03. The fourth-order valence-electron chi connectivity index (χ4n) is 1.12. The van der Waals surface area contributed by atoms with Crippen LogP contribution >= 0.6 is 11.3 Å². The summed E-state index contributed by atoms with van der Waals surface area (Å²) in [5.74, 6) is 0. The molecular formula is C9H7N5O2S2. The number of pyridine rings is 1. The molecule has 0 aliphatic heterocycles. The van der Waals surface area contributed by atoms with E-state index >= 15 is 0 Å². The van der Waals surface area contributed by atoms with Crippen molar-refractivity contribution in [3.05, 3.63) is 29.0 Å². The Morgan fingerprint density at radius 2 is 2.17 bits per heavy atom. The zero-order chi connectivity index (χ0) is 13.2. The highest BCUT2D eigenvalue weighted by atomic mass is 32.2. The van der Waals surface area contributed by atoms with Crippen LogP contribution < -0.4 is 4.72 Å². The molecule has 9 heteroatoms. The Morgan fingerprint density at radius 1 is 1.39 bits per heavy atom. The smallest absolute Gasteiger partial charge is 0.253 e. The summed E-state index contributed by atoms with van der Waals surface area (Å²) < 4.78 is 26.1. The van der Waals surface area contributed by atoms with Gasteiger partial charge in [-0.2, -0.15) is 5.26 Å². The summed E-state index contributed by atoms with van der Waals surface area (Å²) in [6, 6.07) is 4.45. The SMILES string of the molecule is Cc1nnc(NS(=O)(=O)c2ccc(C#N)nc2)s1. The van der Waals surface area contributed by atoms with Gasteiger partial charge in [-0.3, -0.25) is 4.72 Å². The Hall–Kier alpha value is -2.05. The molecule has 0 aliphatic carbocycles. The predicted octanol–water partition coefficient (Wildman–Crippen LogP) is 0.914. The average Bonchev–Trinajstić information content (AvgIpc) is 2.74. The highest BCUT2D eigenvalue weighted by Gasteiger charge is 2.16. The Morgan fingerprint density at radius 3 is 2.67 bits per heavy atom. The van der Waals surface area contributed by atoms with E-state index in [2.05, 4.69) is 19.9 Å². The number of hydrogen-bond acceptors (Lipinski definition) is 7. The minimum atomic E-state index is -3.74. The van der Waals surface area contributed by atoms with Gasteiger partial charge in [0, 0.05) is 6.20 Å². The number of nitrogens with one attached hydrogen (secondary N) is 1. The molecule has 0 fully saturated rings. The van der Waals surface area contributed by atoms with Crippen LogP contribution in [0.5, 0.6) is 0 Å². The summed E-state index contributed by atoms with van der Waals surface area (Å²) in [6.07, 6.45) is 1.12. The van der Waals surface area contributed by atoms with Crippen LogP contribution in [-0.2, 0) is 10.0 Å². The van der Waals surface area contributed by atoms with Gasteiger partial charge in [-0.05, 0) is 19.1 Å². The van der Waals surface area contributed by atoms with Crippen molar-refractivity contribution >= 4 is 26.5 Å². The molecule has 2 aromatic rings. The maximum atomic E-state index is 11.9. The lowest BCUT2D eigenvalue weighted by atomic mass is 10.4. The highest BCUT2D eigenvalue weighted by molar-refractivity contribution is 7.93. The maximum absolute atomic E-state index is 11.9. The topological polar surface area (TPSA) is 109 Å². The molecule has 7 nitrogen and oxygen atoms in total. The minimum absolute atomic E-state index is 0.0330. The van der Waals surface area contributed by atoms with E-state index in [9.17, 15) is 8.42 Å². The number of rotatable bonds is 3. The first-order valence-corrected chi connectivity index (χ1v) is 7.00. The van der Waals surface area contributed by atoms with Crippen molar-refractivity contribution in [2.75, 3.05) is 4.72 Å². The Balaban J connectivity index is 2.28. The molecule has 0 radical (unpaired) electrons. The Bertz CT molecular complexity index is 699. The molecule has 0 spiro atoms. The summed E-state index contributed by atoms with van der Waals surface area (Å²) >= 11 is 1.13. The van der Waals surface area contributed by atoms with E-state index in [4.69, 9.17) is 5.26 Å². The Kier molecular flexibility index (Phi) is 3.22. The normalized spacial score (nSPS) is 10.9. The standard InChI is InChI=1S/C9H7N5O2S2/c1-6-12-13-9(17-6)14-18(15,16)8-3-2-7(4-10)11-5-8/h2-3,5H,1H3,(H,13,14). The third-order valence-corrected chi connectivity index (χ3v) is 4.12. The molecule has 2 rings (SSSR count). The summed E-state index contributed by atoms with van der Waals surface area (Å²) in [4.78, 5) is 3.66. The van der Waals surface area contributed by atoms with Crippen molar-refractivity contribution in [1.82, 2.24) is 15.2 Å². The van der Waals surface area contributed by atoms with Crippen LogP contribution in [0.4, 0.5) is 5.13 Å². The molecule has 0 atom stereocenters. The molecule has 0 saturated carbocycles. The molecule has 0 bridgehead atoms. The monoisotopic (exact) mass is 281 g/mol. The number of hydrogen-bond donors (Lipinski definition) is 1. The lowest BCUT2D eigenvalue weighted by molar-refractivity contribution is 0.600. The van der Waals surface area contributed by atoms with Crippen molar-refractivity contribution in [3.63, 3.8) is 0 Å². The molecule has 0 saturated heterocycles. The molecule has 0 aromatic carbocycles. The summed E-state index contributed by atoms with van der Waals surface area (Å²) in [5, 5.41) is 16.8. The van der Waals surface area contributed by atoms with Gasteiger partial charge in [-0.25, -0.2) is 13.4 Å². The van der Waals surface area contributed by atoms with Gasteiger partial charge in [-0.15, -0.1) is 10.2 Å².